The number of hydrogen-bond donors (Lipinski definition) is 2. The molecule has 4 heterocycles. The van der Waals surface area contributed by atoms with E-state index in [0.29, 0.717) is 44.5 Å². The van der Waals surface area contributed by atoms with Gasteiger partial charge in [-0.3, -0.25) is 4.79 Å². The number of aromatic nitrogens is 2. The maximum atomic E-state index is 12.8. The van der Waals surface area contributed by atoms with Gasteiger partial charge in [0.2, 0.25) is 0 Å². The van der Waals surface area contributed by atoms with Crippen LogP contribution in [0.2, 0.25) is 5.15 Å². The summed E-state index contributed by atoms with van der Waals surface area (Å²) >= 11 is 5.89. The number of ether oxygens (including phenoxy) is 2. The molecule has 0 spiro atoms. The molecule has 0 radical (unpaired) electrons. The molecule has 1 amide bonds. The average molecular weight is 446 g/mol. The van der Waals surface area contributed by atoms with Crippen molar-refractivity contribution in [3.05, 3.63) is 46.7 Å². The van der Waals surface area contributed by atoms with Gasteiger partial charge < -0.3 is 29.7 Å². The van der Waals surface area contributed by atoms with Crippen molar-refractivity contribution >= 4 is 23.3 Å². The summed E-state index contributed by atoms with van der Waals surface area (Å²) < 4.78 is 11.4. The lowest BCUT2D eigenvalue weighted by Gasteiger charge is -2.44. The molecule has 0 bridgehead atoms. The summed E-state index contributed by atoms with van der Waals surface area (Å²) in [6.45, 7) is 3.06. The van der Waals surface area contributed by atoms with Crippen LogP contribution in [-0.4, -0.2) is 77.5 Å². The Kier molecular flexibility index (Phi) is 5.66. The maximum absolute atomic E-state index is 12.8. The Morgan fingerprint density at radius 3 is 3.16 bits per heavy atom. The van der Waals surface area contributed by atoms with Crippen molar-refractivity contribution < 1.29 is 19.4 Å². The number of nitrogens with one attached hydrogen (secondary N) is 1. The first-order valence-corrected chi connectivity index (χ1v) is 10.8. The number of piperazine rings is 1. The first-order valence-electron chi connectivity index (χ1n) is 10.4. The number of carbonyl (C=O) groups excluding carboxylic acids is 1. The molecule has 3 atom stereocenters. The molecule has 10 heteroatoms. The van der Waals surface area contributed by atoms with Gasteiger partial charge in [0.15, 0.2) is 17.1 Å². The number of aliphatic hydroxyl groups excluding tert-OH is 1. The Balaban J connectivity index is 1.13. The summed E-state index contributed by atoms with van der Waals surface area (Å²) in [5.41, 5.74) is 2.47. The first kappa shape index (κ1) is 20.4. The van der Waals surface area contributed by atoms with Gasteiger partial charge in [0, 0.05) is 26.2 Å². The van der Waals surface area contributed by atoms with E-state index in [2.05, 4.69) is 32.3 Å². The minimum atomic E-state index is -1.20. The Morgan fingerprint density at radius 1 is 1.39 bits per heavy atom. The van der Waals surface area contributed by atoms with Gasteiger partial charge in [-0.05, 0) is 11.1 Å². The Bertz CT molecular complexity index is 977. The van der Waals surface area contributed by atoms with Crippen LogP contribution in [0.25, 0.3) is 0 Å². The van der Waals surface area contributed by atoms with E-state index in [9.17, 15) is 9.90 Å². The monoisotopic (exact) mass is 445 g/mol. The second-order valence-electron chi connectivity index (χ2n) is 7.95. The summed E-state index contributed by atoms with van der Waals surface area (Å²) in [5, 5.41) is 14.1. The minimum absolute atomic E-state index is 0.0344. The molecule has 2 aromatic rings. The van der Waals surface area contributed by atoms with E-state index in [4.69, 9.17) is 21.1 Å². The van der Waals surface area contributed by atoms with E-state index in [1.165, 1.54) is 17.3 Å². The van der Waals surface area contributed by atoms with Crippen LogP contribution in [0, 0.1) is 0 Å². The van der Waals surface area contributed by atoms with Crippen LogP contribution in [0.15, 0.2) is 30.5 Å². The van der Waals surface area contributed by atoms with E-state index in [1.807, 2.05) is 12.1 Å². The predicted molar refractivity (Wildman–Crippen MR) is 113 cm³/mol. The molecule has 1 aromatic heterocycles. The molecule has 3 aliphatic heterocycles. The molecule has 9 nitrogen and oxygen atoms in total. The zero-order valence-corrected chi connectivity index (χ0v) is 17.7. The first-order chi connectivity index (χ1) is 15.1. The highest BCUT2D eigenvalue weighted by Crippen LogP contribution is 2.32. The highest BCUT2D eigenvalue weighted by Gasteiger charge is 2.37. The number of carbonyl (C=O) groups is 1. The molecular weight excluding hydrogens is 422 g/mol. The van der Waals surface area contributed by atoms with Gasteiger partial charge >= 0.3 is 0 Å². The molecule has 3 aliphatic rings. The van der Waals surface area contributed by atoms with Crippen molar-refractivity contribution in [1.82, 2.24) is 20.2 Å². The van der Waals surface area contributed by atoms with Crippen molar-refractivity contribution in [1.29, 1.82) is 0 Å². The quantitative estimate of drug-likeness (QED) is 0.696. The summed E-state index contributed by atoms with van der Waals surface area (Å²) in [6, 6.07) is 8.22. The lowest BCUT2D eigenvalue weighted by molar-refractivity contribution is -0.144. The molecule has 1 aromatic carbocycles. The SMILES string of the molecule is O=C(C(O)COCC1NCc2ccccc21)N1CCN2c3ncc(Cl)nc3OCC2C1. The number of halogens is 1. The van der Waals surface area contributed by atoms with E-state index in [1.54, 1.807) is 4.90 Å². The molecular formula is C21H24ClN5O4. The fourth-order valence-electron chi connectivity index (χ4n) is 4.40. The second-order valence-corrected chi connectivity index (χ2v) is 8.34. The van der Waals surface area contributed by atoms with Gasteiger partial charge in [-0.25, -0.2) is 4.98 Å². The van der Waals surface area contributed by atoms with Crippen molar-refractivity contribution in [3.63, 3.8) is 0 Å². The van der Waals surface area contributed by atoms with E-state index >= 15 is 0 Å². The van der Waals surface area contributed by atoms with Crippen molar-refractivity contribution in [2.45, 2.75) is 24.7 Å². The molecule has 31 heavy (non-hydrogen) atoms. The number of fused-ring (bicyclic) bond motifs is 4. The molecule has 3 unspecified atom stereocenters. The number of amides is 1. The van der Waals surface area contributed by atoms with E-state index < -0.39 is 6.10 Å². The highest BCUT2D eigenvalue weighted by atomic mass is 35.5. The lowest BCUT2D eigenvalue weighted by atomic mass is 10.1. The third-order valence-electron chi connectivity index (χ3n) is 5.99. The average Bonchev–Trinajstić information content (AvgIpc) is 3.21. The molecule has 0 saturated carbocycles. The predicted octanol–water partition coefficient (Wildman–Crippen LogP) is 0.762. The minimum Gasteiger partial charge on any atom is -0.473 e. The van der Waals surface area contributed by atoms with Crippen LogP contribution < -0.4 is 15.0 Å². The van der Waals surface area contributed by atoms with Gasteiger partial charge in [0.05, 0.1) is 31.5 Å². The third kappa shape index (κ3) is 4.06. The summed E-state index contributed by atoms with van der Waals surface area (Å²) in [7, 11) is 0. The second kappa shape index (κ2) is 8.58. The van der Waals surface area contributed by atoms with Crippen molar-refractivity contribution in [3.8, 4) is 5.88 Å². The summed E-state index contributed by atoms with van der Waals surface area (Å²) in [5.74, 6) is 0.729. The number of nitrogens with zero attached hydrogens (tertiary/aromatic N) is 4. The molecule has 164 valence electrons. The molecule has 1 saturated heterocycles. The zero-order chi connectivity index (χ0) is 21.4. The number of rotatable bonds is 5. The highest BCUT2D eigenvalue weighted by molar-refractivity contribution is 6.29. The van der Waals surface area contributed by atoms with Gasteiger partial charge in [-0.2, -0.15) is 4.98 Å². The zero-order valence-electron chi connectivity index (χ0n) is 16.9. The van der Waals surface area contributed by atoms with Crippen LogP contribution in [0.1, 0.15) is 17.2 Å². The Labute approximate surface area is 184 Å². The normalized spacial score (nSPS) is 22.9. The van der Waals surface area contributed by atoms with Crippen LogP contribution in [0.5, 0.6) is 5.88 Å². The van der Waals surface area contributed by atoms with Gasteiger partial charge in [-0.1, -0.05) is 35.9 Å². The maximum Gasteiger partial charge on any atom is 0.259 e. The Morgan fingerprint density at radius 2 is 2.26 bits per heavy atom. The fourth-order valence-corrected chi connectivity index (χ4v) is 4.52. The van der Waals surface area contributed by atoms with Crippen molar-refractivity contribution in [2.24, 2.45) is 0 Å². The number of anilines is 1. The van der Waals surface area contributed by atoms with Crippen LogP contribution in [0.3, 0.4) is 0 Å². The van der Waals surface area contributed by atoms with E-state index in [0.717, 1.165) is 6.54 Å². The molecule has 0 aliphatic carbocycles. The van der Waals surface area contributed by atoms with Crippen molar-refractivity contribution in [2.75, 3.05) is 44.4 Å². The van der Waals surface area contributed by atoms with Gasteiger partial charge in [-0.15, -0.1) is 0 Å². The number of hydrogen-bond acceptors (Lipinski definition) is 8. The van der Waals surface area contributed by atoms with Crippen LogP contribution >= 0.6 is 11.6 Å². The topological polar surface area (TPSA) is 100 Å². The lowest BCUT2D eigenvalue weighted by Crippen LogP contribution is -2.60. The number of aliphatic hydroxyl groups is 1. The molecule has 2 N–H and O–H groups in total. The summed E-state index contributed by atoms with van der Waals surface area (Å²) in [4.78, 5) is 25.0. The number of benzene rings is 1. The third-order valence-corrected chi connectivity index (χ3v) is 6.17. The van der Waals surface area contributed by atoms with Crippen LogP contribution in [-0.2, 0) is 16.1 Å². The van der Waals surface area contributed by atoms with Crippen LogP contribution in [0.4, 0.5) is 5.82 Å². The fraction of sp³-hybridized carbons (Fsp3) is 0.476. The largest absolute Gasteiger partial charge is 0.473 e. The summed E-state index contributed by atoms with van der Waals surface area (Å²) in [6.07, 6.45) is 0.293. The van der Waals surface area contributed by atoms with Gasteiger partial charge in [0.1, 0.15) is 6.61 Å². The molecule has 5 rings (SSSR count). The van der Waals surface area contributed by atoms with E-state index in [-0.39, 0.29) is 29.8 Å². The standard InChI is InChI=1S/C21H24ClN5O4/c22-18-8-24-19-20(25-18)31-10-14-9-26(5-6-27(14)19)21(29)17(28)12-30-11-16-15-4-2-1-3-13(15)7-23-16/h1-4,8,14,16-17,23,28H,5-7,9-12H2. The molecule has 1 fully saturated rings. The van der Waals surface area contributed by atoms with Gasteiger partial charge in [0.25, 0.3) is 11.8 Å². The smallest absolute Gasteiger partial charge is 0.259 e. The Hall–Kier alpha value is -2.46.